The number of hydrogen-bond acceptors (Lipinski definition) is 5. The topological polar surface area (TPSA) is 88.0 Å². The van der Waals surface area contributed by atoms with Crippen molar-refractivity contribution in [2.24, 2.45) is 0 Å². The summed E-state index contributed by atoms with van der Waals surface area (Å²) in [4.78, 5) is 30.5. The van der Waals surface area contributed by atoms with Crippen LogP contribution in [0.1, 0.15) is 21.1 Å². The number of fused-ring (bicyclic) bond motifs is 1. The van der Waals surface area contributed by atoms with Crippen molar-refractivity contribution in [1.29, 1.82) is 0 Å². The molecule has 0 radical (unpaired) electrons. The number of amides is 1. The Balaban J connectivity index is 1.49. The van der Waals surface area contributed by atoms with E-state index in [1.165, 1.54) is 11.3 Å². The van der Waals surface area contributed by atoms with Gasteiger partial charge in [-0.15, -0.1) is 11.3 Å². The Labute approximate surface area is 146 Å². The molecule has 4 rings (SSSR count). The zero-order valence-electron chi connectivity index (χ0n) is 13.0. The van der Waals surface area contributed by atoms with E-state index in [0.29, 0.717) is 28.9 Å². The van der Waals surface area contributed by atoms with E-state index in [-0.39, 0.29) is 5.91 Å². The van der Waals surface area contributed by atoms with Crippen LogP contribution in [-0.4, -0.2) is 15.9 Å². The summed E-state index contributed by atoms with van der Waals surface area (Å²) in [5, 5.41) is 5.40. The highest BCUT2D eigenvalue weighted by molar-refractivity contribution is 7.09. The summed E-state index contributed by atoms with van der Waals surface area (Å²) in [5.41, 5.74) is 3.06. The third-order valence-corrected chi connectivity index (χ3v) is 4.51. The minimum Gasteiger partial charge on any atom is -0.408 e. The fourth-order valence-electron chi connectivity index (χ4n) is 2.49. The number of carbonyl (C=O) groups excluding carboxylic acids is 1. The molecule has 0 saturated heterocycles. The quantitative estimate of drug-likeness (QED) is 0.590. The number of thiazole rings is 1. The van der Waals surface area contributed by atoms with Crippen LogP contribution in [0.15, 0.2) is 63.1 Å². The van der Waals surface area contributed by atoms with E-state index in [1.54, 1.807) is 23.6 Å². The van der Waals surface area contributed by atoms with Gasteiger partial charge in [-0.2, -0.15) is 0 Å². The van der Waals surface area contributed by atoms with Crippen molar-refractivity contribution in [2.75, 3.05) is 5.32 Å². The fraction of sp³-hybridized carbons (Fsp3) is 0.0556. The van der Waals surface area contributed by atoms with Gasteiger partial charge in [0.2, 0.25) is 0 Å². The lowest BCUT2D eigenvalue weighted by Gasteiger charge is -2.02. The molecule has 4 aromatic rings. The SMILES string of the molecule is O=C(Nc1ccc2oc(=O)[nH]c2c1)c1csc(Cc2ccccc2)n1. The van der Waals surface area contributed by atoms with Gasteiger partial charge in [0.1, 0.15) is 5.69 Å². The number of benzene rings is 2. The summed E-state index contributed by atoms with van der Waals surface area (Å²) in [6.07, 6.45) is 0.695. The third-order valence-electron chi connectivity index (χ3n) is 3.66. The lowest BCUT2D eigenvalue weighted by molar-refractivity contribution is 0.102. The van der Waals surface area contributed by atoms with E-state index in [9.17, 15) is 9.59 Å². The molecule has 0 aliphatic heterocycles. The van der Waals surface area contributed by atoms with Crippen LogP contribution >= 0.6 is 11.3 Å². The molecule has 2 aromatic carbocycles. The first kappa shape index (κ1) is 15.3. The van der Waals surface area contributed by atoms with Crippen LogP contribution in [-0.2, 0) is 6.42 Å². The van der Waals surface area contributed by atoms with Gasteiger partial charge in [-0.05, 0) is 23.8 Å². The van der Waals surface area contributed by atoms with Crippen molar-refractivity contribution < 1.29 is 9.21 Å². The maximum absolute atomic E-state index is 12.4. The highest BCUT2D eigenvalue weighted by Gasteiger charge is 2.12. The summed E-state index contributed by atoms with van der Waals surface area (Å²) >= 11 is 1.45. The molecule has 0 fully saturated rings. The maximum atomic E-state index is 12.4. The van der Waals surface area contributed by atoms with E-state index >= 15 is 0 Å². The molecule has 2 aromatic heterocycles. The Hall–Kier alpha value is -3.19. The first-order valence-corrected chi connectivity index (χ1v) is 8.48. The molecule has 2 heterocycles. The van der Waals surface area contributed by atoms with Crippen LogP contribution in [0.4, 0.5) is 5.69 Å². The summed E-state index contributed by atoms with van der Waals surface area (Å²) in [6, 6.07) is 14.9. The van der Waals surface area contributed by atoms with Crippen LogP contribution < -0.4 is 11.1 Å². The van der Waals surface area contributed by atoms with Gasteiger partial charge in [0.05, 0.1) is 10.5 Å². The molecular weight excluding hydrogens is 338 g/mol. The largest absolute Gasteiger partial charge is 0.417 e. The predicted molar refractivity (Wildman–Crippen MR) is 96.1 cm³/mol. The molecule has 0 bridgehead atoms. The van der Waals surface area contributed by atoms with Crippen LogP contribution in [0.3, 0.4) is 0 Å². The van der Waals surface area contributed by atoms with Gasteiger partial charge in [0.25, 0.3) is 5.91 Å². The Kier molecular flexibility index (Phi) is 3.91. The minimum atomic E-state index is -0.525. The van der Waals surface area contributed by atoms with Crippen molar-refractivity contribution >= 4 is 34.0 Å². The summed E-state index contributed by atoms with van der Waals surface area (Å²) in [6.45, 7) is 0. The van der Waals surface area contributed by atoms with Crippen molar-refractivity contribution in [2.45, 2.75) is 6.42 Å². The molecule has 6 nitrogen and oxygen atoms in total. The summed E-state index contributed by atoms with van der Waals surface area (Å²) < 4.78 is 4.94. The van der Waals surface area contributed by atoms with Gasteiger partial charge >= 0.3 is 5.76 Å². The van der Waals surface area contributed by atoms with Crippen LogP contribution in [0.25, 0.3) is 11.1 Å². The second-order valence-electron chi connectivity index (χ2n) is 5.47. The molecule has 0 atom stereocenters. The number of hydrogen-bond donors (Lipinski definition) is 2. The molecular formula is C18H13N3O3S. The van der Waals surface area contributed by atoms with Crippen LogP contribution in [0.5, 0.6) is 0 Å². The number of oxazole rings is 1. The molecule has 0 aliphatic rings. The van der Waals surface area contributed by atoms with Gasteiger partial charge in [-0.3, -0.25) is 9.78 Å². The number of H-pyrrole nitrogens is 1. The van der Waals surface area contributed by atoms with Crippen molar-refractivity contribution in [3.8, 4) is 0 Å². The maximum Gasteiger partial charge on any atom is 0.417 e. The lowest BCUT2D eigenvalue weighted by atomic mass is 10.2. The van der Waals surface area contributed by atoms with E-state index in [4.69, 9.17) is 4.42 Å². The first-order chi connectivity index (χ1) is 12.2. The summed E-state index contributed by atoms with van der Waals surface area (Å²) in [7, 11) is 0. The van der Waals surface area contributed by atoms with Gasteiger partial charge in [-0.1, -0.05) is 30.3 Å². The Morgan fingerprint density at radius 2 is 2.04 bits per heavy atom. The molecule has 1 amide bonds. The van der Waals surface area contributed by atoms with Crippen molar-refractivity contribution in [3.63, 3.8) is 0 Å². The number of rotatable bonds is 4. The third kappa shape index (κ3) is 3.36. The molecule has 0 unspecified atom stereocenters. The number of anilines is 1. The fourth-order valence-corrected chi connectivity index (χ4v) is 3.30. The Morgan fingerprint density at radius 3 is 2.88 bits per heavy atom. The Bertz CT molecular complexity index is 1100. The molecule has 124 valence electrons. The monoisotopic (exact) mass is 351 g/mol. The summed E-state index contributed by atoms with van der Waals surface area (Å²) in [5.74, 6) is -0.815. The minimum absolute atomic E-state index is 0.291. The van der Waals surface area contributed by atoms with Gasteiger partial charge < -0.3 is 9.73 Å². The van der Waals surface area contributed by atoms with Crippen molar-refractivity contribution in [1.82, 2.24) is 9.97 Å². The molecule has 0 saturated carbocycles. The van der Waals surface area contributed by atoms with Crippen LogP contribution in [0, 0.1) is 0 Å². The molecule has 2 N–H and O–H groups in total. The van der Waals surface area contributed by atoms with Crippen LogP contribution in [0.2, 0.25) is 0 Å². The van der Waals surface area contributed by atoms with Gasteiger partial charge in [0.15, 0.2) is 5.58 Å². The zero-order valence-corrected chi connectivity index (χ0v) is 13.8. The molecule has 0 spiro atoms. The van der Waals surface area contributed by atoms with Gasteiger partial charge in [-0.25, -0.2) is 9.78 Å². The number of nitrogens with one attached hydrogen (secondary N) is 2. The number of aromatic amines is 1. The van der Waals surface area contributed by atoms with E-state index < -0.39 is 5.76 Å². The Morgan fingerprint density at radius 1 is 1.20 bits per heavy atom. The van der Waals surface area contributed by atoms with E-state index in [2.05, 4.69) is 15.3 Å². The first-order valence-electron chi connectivity index (χ1n) is 7.60. The average molecular weight is 351 g/mol. The normalized spacial score (nSPS) is 10.9. The standard InChI is InChI=1S/C18H13N3O3S/c22-17(19-12-6-7-15-13(9-12)21-18(23)24-15)14-10-25-16(20-14)8-11-4-2-1-3-5-11/h1-7,9-10H,8H2,(H,19,22)(H,21,23). The van der Waals surface area contributed by atoms with E-state index in [0.717, 1.165) is 10.6 Å². The van der Waals surface area contributed by atoms with Gasteiger partial charge in [0, 0.05) is 17.5 Å². The highest BCUT2D eigenvalue weighted by atomic mass is 32.1. The number of carbonyl (C=O) groups is 1. The number of aromatic nitrogens is 2. The second kappa shape index (κ2) is 6.37. The second-order valence-corrected chi connectivity index (χ2v) is 6.41. The van der Waals surface area contributed by atoms with Crippen molar-refractivity contribution in [3.05, 3.63) is 80.7 Å². The smallest absolute Gasteiger partial charge is 0.408 e. The molecule has 7 heteroatoms. The average Bonchev–Trinajstić information content (AvgIpc) is 3.21. The lowest BCUT2D eigenvalue weighted by Crippen LogP contribution is -2.12. The highest BCUT2D eigenvalue weighted by Crippen LogP contribution is 2.19. The molecule has 0 aliphatic carbocycles. The zero-order chi connectivity index (χ0) is 17.2. The molecule has 25 heavy (non-hydrogen) atoms. The predicted octanol–water partition coefficient (Wildman–Crippen LogP) is 3.42. The number of nitrogens with zero attached hydrogens (tertiary/aromatic N) is 1. The van der Waals surface area contributed by atoms with E-state index in [1.807, 2.05) is 30.3 Å².